The van der Waals surface area contributed by atoms with Gasteiger partial charge in [-0.25, -0.2) is 0 Å². The molecule has 0 heterocycles. The number of nitrogens with two attached hydrogens (primary N) is 3. The summed E-state index contributed by atoms with van der Waals surface area (Å²) in [6, 6.07) is 0. The first kappa shape index (κ1) is 22.5. The van der Waals surface area contributed by atoms with Crippen LogP contribution < -0.4 is 16.9 Å². The largest absolute Gasteiger partial charge is 0.753 e. The molecule has 0 atom stereocenters. The summed E-state index contributed by atoms with van der Waals surface area (Å²) >= 11 is 3.70. The topological polar surface area (TPSA) is 99.9 Å². The van der Waals surface area contributed by atoms with Gasteiger partial charge < -0.3 is 5.41 Å². The van der Waals surface area contributed by atoms with Crippen molar-refractivity contribution in [3.8, 4) is 0 Å². The Morgan fingerprint density at radius 1 is 1.56 bits per heavy atom. The summed E-state index contributed by atoms with van der Waals surface area (Å²) in [5.41, 5.74) is 9.17. The van der Waals surface area contributed by atoms with Crippen molar-refractivity contribution in [1.29, 1.82) is 0 Å². The third kappa shape index (κ3) is 444. The van der Waals surface area contributed by atoms with Crippen LogP contribution in [0.15, 0.2) is 0 Å². The molecule has 0 unspecified atom stereocenters. The van der Waals surface area contributed by atoms with E-state index in [4.69, 9.17) is 5.41 Å². The van der Waals surface area contributed by atoms with Crippen molar-refractivity contribution in [2.45, 2.75) is 0 Å². The van der Waals surface area contributed by atoms with Gasteiger partial charge in [-0.05, 0) is 0 Å². The van der Waals surface area contributed by atoms with E-state index in [9.17, 15) is 0 Å². The van der Waals surface area contributed by atoms with Crippen LogP contribution in [0.3, 0.4) is 0 Å². The third-order valence-electron chi connectivity index (χ3n) is 0. The molecule has 6 N–H and O–H groups in total. The van der Waals surface area contributed by atoms with Crippen LogP contribution in [0.2, 0.25) is 0 Å². The van der Waals surface area contributed by atoms with E-state index in [0.717, 1.165) is 0 Å². The van der Waals surface area contributed by atoms with E-state index in [2.05, 4.69) is 29.1 Å². The van der Waals surface area contributed by atoms with Crippen LogP contribution in [0.4, 0.5) is 0 Å². The number of hydrogen-bond acceptors (Lipinski definition) is 1. The molecule has 7 heteroatoms. The van der Waals surface area contributed by atoms with Gasteiger partial charge in [0.25, 0.3) is 0 Å². The molecule has 0 rings (SSSR count). The Morgan fingerprint density at radius 3 is 1.56 bits per heavy atom. The predicted octanol–water partition coefficient (Wildman–Crippen LogP) is -2.28. The normalized spacial score (nSPS) is 3.56. The second-order valence-corrected chi connectivity index (χ2v) is 0.774. The number of guanidine groups is 1. The predicted molar refractivity (Wildman–Crippen MR) is 44.3 cm³/mol. The fourth-order valence-corrected chi connectivity index (χ4v) is 0. The summed E-state index contributed by atoms with van der Waals surface area (Å²) in [4.78, 5) is 0. The van der Waals surface area contributed by atoms with Gasteiger partial charge in [0.1, 0.15) is 0 Å². The molecule has 0 bridgehead atoms. The molecule has 0 aliphatic heterocycles. The molecular formula is C2H7ClKN4S. The van der Waals surface area contributed by atoms with E-state index in [-0.39, 0.29) is 69.8 Å². The molecule has 0 aromatic carbocycles. The van der Waals surface area contributed by atoms with Crippen molar-refractivity contribution in [3.05, 3.63) is 5.41 Å². The number of rotatable bonds is 0. The van der Waals surface area contributed by atoms with E-state index in [1.165, 1.54) is 5.16 Å². The Morgan fingerprint density at radius 2 is 1.56 bits per heavy atom. The fourth-order valence-electron chi connectivity index (χ4n) is 0. The van der Waals surface area contributed by atoms with Crippen LogP contribution in [0.25, 0.3) is 5.41 Å². The molecule has 0 spiro atoms. The summed E-state index contributed by atoms with van der Waals surface area (Å²) in [5.74, 6) is -0.0833. The minimum atomic E-state index is -0.0833. The maximum absolute atomic E-state index is 7.13. The fraction of sp³-hybridized carbons (Fsp3) is 0. The maximum atomic E-state index is 7.13. The average molecular weight is 194 g/mol. The minimum Gasteiger partial charge on any atom is -0.753 e. The Balaban J connectivity index is -0.0000000233. The van der Waals surface area contributed by atoms with Crippen LogP contribution in [0, 0.1) is 0 Å². The summed E-state index contributed by atoms with van der Waals surface area (Å²) < 4.78 is 0. The number of hydrogen-bond donors (Lipinski definition) is 3. The van der Waals surface area contributed by atoms with E-state index >= 15 is 0 Å². The first-order valence-electron chi connectivity index (χ1n) is 1.29. The molecule has 0 aliphatic rings. The van der Waals surface area contributed by atoms with Gasteiger partial charge in [0.2, 0.25) is 0 Å². The summed E-state index contributed by atoms with van der Waals surface area (Å²) in [6.45, 7) is 0. The van der Waals surface area contributed by atoms with Crippen molar-refractivity contribution >= 4 is 87.1 Å². The average Bonchev–Trinajstić information content (AvgIpc) is 1.33. The van der Waals surface area contributed by atoms with Gasteiger partial charge >= 0.3 is 5.96 Å². The molecule has 49 valence electrons. The van der Waals surface area contributed by atoms with Crippen LogP contribution in [-0.2, 0) is 0 Å². The van der Waals surface area contributed by atoms with Gasteiger partial charge in [0.15, 0.2) is 0 Å². The van der Waals surface area contributed by atoms with Crippen molar-refractivity contribution < 1.29 is 5.41 Å². The molecule has 0 amide bonds. The van der Waals surface area contributed by atoms with E-state index < -0.39 is 0 Å². The smallest absolute Gasteiger partial charge is 0.336 e. The summed E-state index contributed by atoms with van der Waals surface area (Å²) in [5, 5.41) is 13.1. The summed E-state index contributed by atoms with van der Waals surface area (Å²) in [7, 11) is 0. The van der Waals surface area contributed by atoms with Gasteiger partial charge in [0, 0.05) is 51.4 Å². The minimum absolute atomic E-state index is 0. The van der Waals surface area contributed by atoms with Crippen LogP contribution in [0.5, 0.6) is 0 Å². The molecule has 0 saturated carbocycles. The molecule has 0 aromatic heterocycles. The molecule has 1 radical (unpaired) electrons. The van der Waals surface area contributed by atoms with Crippen LogP contribution >= 0.6 is 24.6 Å². The standard InChI is InChI=1S/CH5N3.CNS.ClH.K/c2-1(3)4;2-1-3;;/h(H5,2,3,4);;1H;/q;-1;;/p+1. The van der Waals surface area contributed by atoms with E-state index in [1.54, 1.807) is 0 Å². The summed E-state index contributed by atoms with van der Waals surface area (Å²) in [6.07, 6.45) is 0. The Hall–Kier alpha value is 0.996. The molecule has 0 fully saturated rings. The molecule has 4 nitrogen and oxygen atoms in total. The molecule has 0 saturated heterocycles. The molecule has 0 aromatic rings. The van der Waals surface area contributed by atoms with Crippen molar-refractivity contribution in [1.82, 2.24) is 0 Å². The van der Waals surface area contributed by atoms with Crippen molar-refractivity contribution in [2.75, 3.05) is 0 Å². The van der Waals surface area contributed by atoms with Gasteiger partial charge in [-0.15, -0.1) is 12.4 Å². The Kier molecular flexibility index (Phi) is 57.6. The SMILES string of the molecule is Cl.NC(N)=[NH2+].[K].[N-]=C=S. The van der Waals surface area contributed by atoms with Crippen molar-refractivity contribution in [2.24, 2.45) is 11.5 Å². The second-order valence-electron chi connectivity index (χ2n) is 0.591. The van der Waals surface area contributed by atoms with Crippen LogP contribution in [-0.4, -0.2) is 62.5 Å². The molecule has 0 aliphatic carbocycles. The zero-order valence-electron chi connectivity index (χ0n) is 5.00. The molecule has 9 heavy (non-hydrogen) atoms. The van der Waals surface area contributed by atoms with Gasteiger partial charge in [-0.1, -0.05) is 12.2 Å². The van der Waals surface area contributed by atoms with Gasteiger partial charge in [0.05, 0.1) is 0 Å². The number of isothiocyanates is 1. The van der Waals surface area contributed by atoms with E-state index in [1.807, 2.05) is 0 Å². The Labute approximate surface area is 108 Å². The Bertz CT molecular complexity index is 86.6. The zero-order chi connectivity index (χ0) is 6.28. The quantitative estimate of drug-likeness (QED) is 0.175. The van der Waals surface area contributed by atoms with E-state index in [0.29, 0.717) is 0 Å². The first-order chi connectivity index (χ1) is 3.15. The number of nitrogens with zero attached hydrogens (tertiary/aromatic N) is 1. The van der Waals surface area contributed by atoms with Gasteiger partial charge in [-0.3, -0.25) is 16.9 Å². The number of thiocarbonyl (C=S) groups is 1. The van der Waals surface area contributed by atoms with Gasteiger partial charge in [-0.2, -0.15) is 5.16 Å². The third-order valence-corrected chi connectivity index (χ3v) is 0. The maximum Gasteiger partial charge on any atom is 0.336 e. The van der Waals surface area contributed by atoms with Crippen molar-refractivity contribution in [3.63, 3.8) is 0 Å². The van der Waals surface area contributed by atoms with Crippen LogP contribution in [0.1, 0.15) is 0 Å². The number of halogens is 1. The second kappa shape index (κ2) is 23.0. The first-order valence-corrected chi connectivity index (χ1v) is 1.70. The zero-order valence-corrected chi connectivity index (χ0v) is 9.75. The monoisotopic (exact) mass is 193 g/mol. The molecular weight excluding hydrogens is 187 g/mol.